The van der Waals surface area contributed by atoms with Crippen LogP contribution in [0.5, 0.6) is 0 Å². The van der Waals surface area contributed by atoms with Gasteiger partial charge in [0, 0.05) is 4.47 Å². The summed E-state index contributed by atoms with van der Waals surface area (Å²) in [5.41, 5.74) is 0.571. The number of nitrogens with zero attached hydrogens (tertiary/aromatic N) is 1. The summed E-state index contributed by atoms with van der Waals surface area (Å²) < 4.78 is 5.13. The molecule has 0 aromatic heterocycles. The lowest BCUT2D eigenvalue weighted by atomic mass is 10.2. The van der Waals surface area contributed by atoms with E-state index in [9.17, 15) is 4.79 Å². The second kappa shape index (κ2) is 4.06. The van der Waals surface area contributed by atoms with E-state index in [2.05, 4.69) is 25.5 Å². The van der Waals surface area contributed by atoms with Gasteiger partial charge in [-0.25, -0.2) is 9.64 Å². The minimum absolute atomic E-state index is 0.284. The summed E-state index contributed by atoms with van der Waals surface area (Å²) in [6.07, 6.45) is 0. The predicted octanol–water partition coefficient (Wildman–Crippen LogP) is 2.79. The number of carbonyl (C=O) groups is 1. The second-order valence-electron chi connectivity index (χ2n) is 2.24. The molecule has 3 nitrogen and oxygen atoms in total. The largest absolute Gasteiger partial charge is 0.466 e. The van der Waals surface area contributed by atoms with E-state index in [1.54, 1.807) is 18.2 Å². The molecule has 1 aromatic rings. The lowest BCUT2D eigenvalue weighted by molar-refractivity contribution is 0.0602. The lowest BCUT2D eigenvalue weighted by Crippen LogP contribution is -2.00. The first kappa shape index (κ1) is 9.75. The summed E-state index contributed by atoms with van der Waals surface area (Å²) in [7, 11) is 1.29. The highest BCUT2D eigenvalue weighted by molar-refractivity contribution is 9.10. The Morgan fingerprint density at radius 1 is 1.62 bits per heavy atom. The number of hydrogen-bond acceptors (Lipinski definition) is 2. The molecule has 0 atom stereocenters. The SMILES string of the molecule is [C-]#[N+]c1c(Br)cccc1C(=O)OC. The molecule has 0 bridgehead atoms. The third kappa shape index (κ3) is 1.87. The molecule has 0 heterocycles. The average molecular weight is 240 g/mol. The first-order valence-electron chi connectivity index (χ1n) is 3.45. The summed E-state index contributed by atoms with van der Waals surface area (Å²) in [6.45, 7) is 6.88. The molecule has 0 saturated heterocycles. The van der Waals surface area contributed by atoms with Gasteiger partial charge in [-0.15, -0.1) is 0 Å². The van der Waals surface area contributed by atoms with Gasteiger partial charge in [-0.2, -0.15) is 0 Å². The number of methoxy groups -OCH3 is 1. The molecule has 0 amide bonds. The molecule has 0 aliphatic rings. The van der Waals surface area contributed by atoms with Crippen molar-refractivity contribution in [2.75, 3.05) is 7.11 Å². The van der Waals surface area contributed by atoms with E-state index in [-0.39, 0.29) is 11.3 Å². The molecule has 0 unspecified atom stereocenters. The molecule has 1 rings (SSSR count). The van der Waals surface area contributed by atoms with Crippen LogP contribution in [-0.2, 0) is 4.74 Å². The van der Waals surface area contributed by atoms with Crippen LogP contribution in [0, 0.1) is 6.57 Å². The number of esters is 1. The van der Waals surface area contributed by atoms with Gasteiger partial charge in [0.25, 0.3) is 0 Å². The number of halogens is 1. The van der Waals surface area contributed by atoms with Crippen LogP contribution < -0.4 is 0 Å². The van der Waals surface area contributed by atoms with E-state index in [0.717, 1.165) is 0 Å². The molecular weight excluding hydrogens is 234 g/mol. The summed E-state index contributed by atoms with van der Waals surface area (Å²) >= 11 is 3.18. The Kier molecular flexibility index (Phi) is 3.04. The fourth-order valence-corrected chi connectivity index (χ4v) is 1.36. The van der Waals surface area contributed by atoms with E-state index in [1.165, 1.54) is 7.11 Å². The van der Waals surface area contributed by atoms with Crippen LogP contribution in [0.15, 0.2) is 22.7 Å². The quantitative estimate of drug-likeness (QED) is 0.558. The fraction of sp³-hybridized carbons (Fsp3) is 0.111. The number of benzene rings is 1. The highest BCUT2D eigenvalue weighted by atomic mass is 79.9. The van der Waals surface area contributed by atoms with Crippen LogP contribution in [0.4, 0.5) is 5.69 Å². The van der Waals surface area contributed by atoms with Crippen molar-refractivity contribution in [3.05, 3.63) is 39.7 Å². The van der Waals surface area contributed by atoms with Crippen LogP contribution in [-0.4, -0.2) is 13.1 Å². The van der Waals surface area contributed by atoms with Crippen molar-refractivity contribution < 1.29 is 9.53 Å². The highest BCUT2D eigenvalue weighted by Crippen LogP contribution is 2.29. The molecule has 0 aliphatic heterocycles. The molecule has 0 radical (unpaired) electrons. The molecule has 0 N–H and O–H groups in total. The number of carbonyl (C=O) groups excluding carboxylic acids is 1. The molecule has 0 spiro atoms. The molecule has 0 saturated carbocycles. The number of para-hydroxylation sites is 1. The van der Waals surface area contributed by atoms with Gasteiger partial charge in [0.05, 0.1) is 19.2 Å². The molecule has 13 heavy (non-hydrogen) atoms. The zero-order valence-electron chi connectivity index (χ0n) is 6.87. The van der Waals surface area contributed by atoms with Crippen LogP contribution in [0.25, 0.3) is 4.85 Å². The van der Waals surface area contributed by atoms with Crippen LogP contribution in [0.2, 0.25) is 0 Å². The van der Waals surface area contributed by atoms with Crippen LogP contribution in [0.3, 0.4) is 0 Å². The molecule has 1 aromatic carbocycles. The predicted molar refractivity (Wildman–Crippen MR) is 51.7 cm³/mol. The normalized spacial score (nSPS) is 9.00. The monoisotopic (exact) mass is 239 g/mol. The summed E-state index contributed by atoms with van der Waals surface area (Å²) in [4.78, 5) is 14.4. The number of rotatable bonds is 1. The van der Waals surface area contributed by atoms with Crippen LogP contribution in [0.1, 0.15) is 10.4 Å². The molecule has 0 fully saturated rings. The van der Waals surface area contributed by atoms with Crippen molar-refractivity contribution in [1.29, 1.82) is 0 Å². The Balaban J connectivity index is 3.30. The van der Waals surface area contributed by atoms with Gasteiger partial charge < -0.3 is 4.74 Å². The van der Waals surface area contributed by atoms with E-state index in [4.69, 9.17) is 6.57 Å². The Morgan fingerprint density at radius 3 is 2.85 bits per heavy atom. The molecular formula is C9H6BrNO2. The van der Waals surface area contributed by atoms with Crippen molar-refractivity contribution in [2.24, 2.45) is 0 Å². The Labute approximate surface area is 84.3 Å². The Morgan fingerprint density at radius 2 is 2.31 bits per heavy atom. The van der Waals surface area contributed by atoms with Gasteiger partial charge >= 0.3 is 5.97 Å². The average Bonchev–Trinajstić information content (AvgIpc) is 2.16. The second-order valence-corrected chi connectivity index (χ2v) is 3.09. The van der Waals surface area contributed by atoms with Crippen molar-refractivity contribution in [3.8, 4) is 0 Å². The van der Waals surface area contributed by atoms with Gasteiger partial charge in [-0.1, -0.05) is 34.1 Å². The third-order valence-electron chi connectivity index (χ3n) is 1.50. The minimum Gasteiger partial charge on any atom is -0.466 e. The standard InChI is InChI=1S/C9H6BrNO2/c1-11-8-6(9(12)13-2)4-3-5-7(8)10/h3-5H,2H3. The van der Waals surface area contributed by atoms with Crippen molar-refractivity contribution in [1.82, 2.24) is 0 Å². The molecule has 4 heteroatoms. The fourth-order valence-electron chi connectivity index (χ4n) is 0.904. The number of hydrogen-bond donors (Lipinski definition) is 0. The van der Waals surface area contributed by atoms with Gasteiger partial charge in [0.15, 0.2) is 0 Å². The number of ether oxygens (including phenoxy) is 1. The molecule has 66 valence electrons. The van der Waals surface area contributed by atoms with Crippen molar-refractivity contribution >= 4 is 27.6 Å². The first-order valence-corrected chi connectivity index (χ1v) is 4.24. The van der Waals surface area contributed by atoms with E-state index >= 15 is 0 Å². The summed E-state index contributed by atoms with van der Waals surface area (Å²) in [5, 5.41) is 0. The maximum atomic E-state index is 11.2. The van der Waals surface area contributed by atoms with Gasteiger partial charge in [0.1, 0.15) is 0 Å². The van der Waals surface area contributed by atoms with Gasteiger partial charge in [0.2, 0.25) is 5.69 Å². The summed E-state index contributed by atoms with van der Waals surface area (Å²) in [6, 6.07) is 4.95. The maximum absolute atomic E-state index is 11.2. The zero-order chi connectivity index (χ0) is 9.84. The third-order valence-corrected chi connectivity index (χ3v) is 2.14. The topological polar surface area (TPSA) is 30.7 Å². The van der Waals surface area contributed by atoms with Gasteiger partial charge in [-0.05, 0) is 0 Å². The zero-order valence-corrected chi connectivity index (χ0v) is 8.46. The van der Waals surface area contributed by atoms with E-state index in [0.29, 0.717) is 4.47 Å². The lowest BCUT2D eigenvalue weighted by Gasteiger charge is -2.02. The minimum atomic E-state index is -0.493. The van der Waals surface area contributed by atoms with E-state index in [1.807, 2.05) is 0 Å². The Hall–Kier alpha value is -1.34. The highest BCUT2D eigenvalue weighted by Gasteiger charge is 2.13. The summed E-state index contributed by atoms with van der Waals surface area (Å²) in [5.74, 6) is -0.493. The smallest absolute Gasteiger partial charge is 0.327 e. The van der Waals surface area contributed by atoms with Crippen molar-refractivity contribution in [3.63, 3.8) is 0 Å². The van der Waals surface area contributed by atoms with Gasteiger partial charge in [-0.3, -0.25) is 0 Å². The van der Waals surface area contributed by atoms with Crippen LogP contribution >= 0.6 is 15.9 Å². The molecule has 0 aliphatic carbocycles. The Bertz CT molecular complexity index is 382. The van der Waals surface area contributed by atoms with Crippen molar-refractivity contribution in [2.45, 2.75) is 0 Å². The first-order chi connectivity index (χ1) is 6.20. The van der Waals surface area contributed by atoms with E-state index < -0.39 is 5.97 Å². The maximum Gasteiger partial charge on any atom is 0.327 e.